The lowest BCUT2D eigenvalue weighted by Crippen LogP contribution is -2.40. The van der Waals surface area contributed by atoms with Crippen molar-refractivity contribution in [1.82, 2.24) is 15.1 Å². The zero-order valence-corrected chi connectivity index (χ0v) is 11.0. The lowest BCUT2D eigenvalue weighted by Gasteiger charge is -2.33. The van der Waals surface area contributed by atoms with Crippen LogP contribution in [0.5, 0.6) is 0 Å². The highest BCUT2D eigenvalue weighted by Crippen LogP contribution is 2.27. The summed E-state index contributed by atoms with van der Waals surface area (Å²) in [5, 5.41) is 7.57. The summed E-state index contributed by atoms with van der Waals surface area (Å²) in [5.41, 5.74) is 5.83. The molecule has 5 nitrogen and oxygen atoms in total. The van der Waals surface area contributed by atoms with Crippen LogP contribution in [0.15, 0.2) is 12.1 Å². The maximum Gasteiger partial charge on any atom is 0.274 e. The molecule has 2 unspecified atom stereocenters. The summed E-state index contributed by atoms with van der Waals surface area (Å²) in [4.78, 5) is 14.0. The van der Waals surface area contributed by atoms with Gasteiger partial charge in [0.25, 0.3) is 5.91 Å². The number of nitrogen functional groups attached to an aromatic ring is 1. The van der Waals surface area contributed by atoms with Gasteiger partial charge in [0.2, 0.25) is 0 Å². The van der Waals surface area contributed by atoms with E-state index < -0.39 is 0 Å². The van der Waals surface area contributed by atoms with E-state index in [4.69, 9.17) is 5.73 Å². The quantitative estimate of drug-likeness (QED) is 0.864. The molecule has 1 heterocycles. The average molecular weight is 248 g/mol. The minimum absolute atomic E-state index is 0.0680. The Kier molecular flexibility index (Phi) is 3.79. The van der Waals surface area contributed by atoms with E-state index in [0.29, 0.717) is 23.5 Å². The number of rotatable bonds is 2. The summed E-state index contributed by atoms with van der Waals surface area (Å²) >= 11 is 0. The summed E-state index contributed by atoms with van der Waals surface area (Å²) in [6.07, 6.45) is 4.61. The van der Waals surface area contributed by atoms with E-state index >= 15 is 0 Å². The van der Waals surface area contributed by atoms with Crippen molar-refractivity contribution in [1.29, 1.82) is 0 Å². The molecule has 0 aliphatic heterocycles. The van der Waals surface area contributed by atoms with Crippen LogP contribution < -0.4 is 5.73 Å². The minimum atomic E-state index is -0.0680. The SMILES string of the molecule is CC1CCCC(N(C)C(=O)c2ccc(N)nn2)C1. The van der Waals surface area contributed by atoms with Crippen molar-refractivity contribution in [3.05, 3.63) is 17.8 Å². The van der Waals surface area contributed by atoms with E-state index in [-0.39, 0.29) is 5.91 Å². The minimum Gasteiger partial charge on any atom is -0.382 e. The topological polar surface area (TPSA) is 72.1 Å². The Hall–Kier alpha value is -1.65. The number of hydrogen-bond donors (Lipinski definition) is 1. The summed E-state index contributed by atoms with van der Waals surface area (Å²) in [6, 6.07) is 3.56. The van der Waals surface area contributed by atoms with Gasteiger partial charge in [-0.2, -0.15) is 0 Å². The van der Waals surface area contributed by atoms with E-state index in [1.165, 1.54) is 12.8 Å². The molecule has 0 saturated heterocycles. The first-order valence-corrected chi connectivity index (χ1v) is 6.44. The highest BCUT2D eigenvalue weighted by atomic mass is 16.2. The van der Waals surface area contributed by atoms with Crippen LogP contribution in [-0.2, 0) is 0 Å². The fourth-order valence-corrected chi connectivity index (χ4v) is 2.56. The molecule has 1 aromatic rings. The first kappa shape index (κ1) is 12.8. The van der Waals surface area contributed by atoms with E-state index in [1.54, 1.807) is 17.0 Å². The third-order valence-corrected chi connectivity index (χ3v) is 3.68. The number of carbonyl (C=O) groups is 1. The third kappa shape index (κ3) is 2.78. The molecule has 1 fully saturated rings. The second-order valence-electron chi connectivity index (χ2n) is 5.19. The van der Waals surface area contributed by atoms with Gasteiger partial charge in [0.15, 0.2) is 5.69 Å². The lowest BCUT2D eigenvalue weighted by molar-refractivity contribution is 0.0665. The van der Waals surface area contributed by atoms with Crippen LogP contribution in [0.2, 0.25) is 0 Å². The van der Waals surface area contributed by atoms with E-state index in [1.807, 2.05) is 7.05 Å². The van der Waals surface area contributed by atoms with Crippen LogP contribution >= 0.6 is 0 Å². The Balaban J connectivity index is 2.06. The van der Waals surface area contributed by atoms with Gasteiger partial charge in [0.1, 0.15) is 5.82 Å². The predicted octanol–water partition coefficient (Wildman–Crippen LogP) is 1.71. The van der Waals surface area contributed by atoms with Crippen molar-refractivity contribution in [3.63, 3.8) is 0 Å². The summed E-state index contributed by atoms with van der Waals surface area (Å²) < 4.78 is 0. The standard InChI is InChI=1S/C13H20N4O/c1-9-4-3-5-10(8-9)17(2)13(18)11-6-7-12(14)16-15-11/h6-7,9-10H,3-5,8H2,1-2H3,(H2,14,16). The number of nitrogens with two attached hydrogens (primary N) is 1. The van der Waals surface area contributed by atoms with Gasteiger partial charge < -0.3 is 10.6 Å². The van der Waals surface area contributed by atoms with Crippen molar-refractivity contribution < 1.29 is 4.79 Å². The maximum absolute atomic E-state index is 12.2. The predicted molar refractivity (Wildman–Crippen MR) is 70.0 cm³/mol. The van der Waals surface area contributed by atoms with Gasteiger partial charge >= 0.3 is 0 Å². The van der Waals surface area contributed by atoms with Crippen molar-refractivity contribution >= 4 is 11.7 Å². The smallest absolute Gasteiger partial charge is 0.274 e. The molecule has 0 bridgehead atoms. The van der Waals surface area contributed by atoms with E-state index in [2.05, 4.69) is 17.1 Å². The van der Waals surface area contributed by atoms with Gasteiger partial charge in [-0.25, -0.2) is 0 Å². The molecule has 1 aromatic heterocycles. The maximum atomic E-state index is 12.2. The fourth-order valence-electron chi connectivity index (χ4n) is 2.56. The molecule has 1 aliphatic rings. The molecule has 2 N–H and O–H groups in total. The first-order valence-electron chi connectivity index (χ1n) is 6.44. The Labute approximate surface area is 107 Å². The molecule has 0 aromatic carbocycles. The molecule has 0 radical (unpaired) electrons. The molecule has 2 atom stereocenters. The fraction of sp³-hybridized carbons (Fsp3) is 0.615. The first-order chi connectivity index (χ1) is 8.58. The molecular formula is C13H20N4O. The number of anilines is 1. The molecular weight excluding hydrogens is 228 g/mol. The summed E-state index contributed by atoms with van der Waals surface area (Å²) in [6.45, 7) is 2.24. The van der Waals surface area contributed by atoms with Crippen molar-refractivity contribution in [2.75, 3.05) is 12.8 Å². The Bertz CT molecular complexity index is 418. The van der Waals surface area contributed by atoms with Gasteiger partial charge in [0.05, 0.1) is 0 Å². The summed E-state index contributed by atoms with van der Waals surface area (Å²) in [7, 11) is 1.85. The van der Waals surface area contributed by atoms with Gasteiger partial charge in [-0.15, -0.1) is 10.2 Å². The highest BCUT2D eigenvalue weighted by molar-refractivity contribution is 5.92. The van der Waals surface area contributed by atoms with Gasteiger partial charge in [-0.1, -0.05) is 19.8 Å². The molecule has 18 heavy (non-hydrogen) atoms. The van der Waals surface area contributed by atoms with Crippen LogP contribution in [0.4, 0.5) is 5.82 Å². The van der Waals surface area contributed by atoms with Crippen LogP contribution in [0, 0.1) is 5.92 Å². The molecule has 5 heteroatoms. The van der Waals surface area contributed by atoms with E-state index in [9.17, 15) is 4.79 Å². The van der Waals surface area contributed by atoms with Crippen LogP contribution in [-0.4, -0.2) is 34.1 Å². The van der Waals surface area contributed by atoms with Gasteiger partial charge in [-0.05, 0) is 30.9 Å². The number of aromatic nitrogens is 2. The van der Waals surface area contributed by atoms with Gasteiger partial charge in [0, 0.05) is 13.1 Å². The second kappa shape index (κ2) is 5.33. The number of hydrogen-bond acceptors (Lipinski definition) is 4. The Morgan fingerprint density at radius 3 is 2.78 bits per heavy atom. The average Bonchev–Trinajstić information content (AvgIpc) is 2.38. The lowest BCUT2D eigenvalue weighted by atomic mass is 9.86. The van der Waals surface area contributed by atoms with Crippen molar-refractivity contribution in [3.8, 4) is 0 Å². The van der Waals surface area contributed by atoms with Crippen molar-refractivity contribution in [2.45, 2.75) is 38.6 Å². The zero-order chi connectivity index (χ0) is 13.1. The molecule has 1 aliphatic carbocycles. The number of carbonyl (C=O) groups excluding carboxylic acids is 1. The van der Waals surface area contributed by atoms with Gasteiger partial charge in [-0.3, -0.25) is 4.79 Å². The van der Waals surface area contributed by atoms with E-state index in [0.717, 1.165) is 12.8 Å². The van der Waals surface area contributed by atoms with Crippen LogP contribution in [0.1, 0.15) is 43.1 Å². The molecule has 1 saturated carbocycles. The normalized spacial score (nSPS) is 23.7. The second-order valence-corrected chi connectivity index (χ2v) is 5.19. The molecule has 98 valence electrons. The number of nitrogens with zero attached hydrogens (tertiary/aromatic N) is 3. The Morgan fingerprint density at radius 2 is 2.17 bits per heavy atom. The third-order valence-electron chi connectivity index (χ3n) is 3.68. The highest BCUT2D eigenvalue weighted by Gasteiger charge is 2.26. The monoisotopic (exact) mass is 248 g/mol. The largest absolute Gasteiger partial charge is 0.382 e. The van der Waals surface area contributed by atoms with Crippen LogP contribution in [0.3, 0.4) is 0 Å². The van der Waals surface area contributed by atoms with Crippen LogP contribution in [0.25, 0.3) is 0 Å². The summed E-state index contributed by atoms with van der Waals surface area (Å²) in [5.74, 6) is 0.957. The molecule has 1 amide bonds. The van der Waals surface area contributed by atoms with Crippen molar-refractivity contribution in [2.24, 2.45) is 5.92 Å². The molecule has 2 rings (SSSR count). The number of amides is 1. The Morgan fingerprint density at radius 1 is 1.39 bits per heavy atom. The molecule has 0 spiro atoms. The zero-order valence-electron chi connectivity index (χ0n) is 11.0.